The van der Waals surface area contributed by atoms with E-state index in [1.807, 2.05) is 6.92 Å². The second kappa shape index (κ2) is 7.00. The maximum atomic E-state index is 12.1. The van der Waals surface area contributed by atoms with Crippen molar-refractivity contribution in [2.75, 3.05) is 6.54 Å². The summed E-state index contributed by atoms with van der Waals surface area (Å²) in [7, 11) is 0. The molecule has 0 amide bonds. The Balaban J connectivity index is 2.66. The zero-order valence-corrected chi connectivity index (χ0v) is 11.9. The highest BCUT2D eigenvalue weighted by Crippen LogP contribution is 2.33. The Hall–Kier alpha value is -0.950. The number of halogens is 4. The number of hydrogen-bond donors (Lipinski definition) is 1. The average molecular weight is 342 g/mol. The van der Waals surface area contributed by atoms with Crippen LogP contribution in [0.25, 0.3) is 0 Å². The molecule has 1 rings (SSSR count). The molecule has 19 heavy (non-hydrogen) atoms. The summed E-state index contributed by atoms with van der Waals surface area (Å²) in [5.74, 6) is 0.181. The van der Waals surface area contributed by atoms with Gasteiger partial charge in [-0.3, -0.25) is 0 Å². The van der Waals surface area contributed by atoms with Crippen molar-refractivity contribution in [3.8, 4) is 11.5 Å². The number of nitrogens with two attached hydrogens (primary N) is 1. The van der Waals surface area contributed by atoms with Crippen molar-refractivity contribution in [1.29, 1.82) is 0 Å². The van der Waals surface area contributed by atoms with Crippen molar-refractivity contribution in [3.05, 3.63) is 22.7 Å². The molecule has 0 aromatic heterocycles. The Labute approximate surface area is 118 Å². The first-order valence-electron chi connectivity index (χ1n) is 5.74. The predicted molar refractivity (Wildman–Crippen MR) is 69.2 cm³/mol. The molecule has 0 aliphatic heterocycles. The van der Waals surface area contributed by atoms with Crippen LogP contribution >= 0.6 is 15.9 Å². The van der Waals surface area contributed by atoms with E-state index in [4.69, 9.17) is 10.5 Å². The summed E-state index contributed by atoms with van der Waals surface area (Å²) in [6.45, 7) is 2.46. The molecule has 0 aliphatic carbocycles. The Kier molecular flexibility index (Phi) is 5.93. The van der Waals surface area contributed by atoms with Crippen molar-refractivity contribution >= 4 is 15.9 Å². The molecular weight excluding hydrogens is 327 g/mol. The lowest BCUT2D eigenvalue weighted by molar-refractivity contribution is -0.274. The monoisotopic (exact) mass is 341 g/mol. The maximum absolute atomic E-state index is 12.1. The van der Waals surface area contributed by atoms with Crippen LogP contribution in [0.2, 0.25) is 0 Å². The average Bonchev–Trinajstić information content (AvgIpc) is 2.28. The smallest absolute Gasteiger partial charge is 0.491 e. The fraction of sp³-hybridized carbons (Fsp3) is 0.500. The zero-order chi connectivity index (χ0) is 14.5. The first kappa shape index (κ1) is 16.1. The molecule has 1 unspecified atom stereocenters. The van der Waals surface area contributed by atoms with E-state index in [2.05, 4.69) is 20.7 Å². The molecule has 0 bridgehead atoms. The molecule has 1 atom stereocenters. The molecule has 0 spiro atoms. The highest BCUT2D eigenvalue weighted by atomic mass is 79.9. The van der Waals surface area contributed by atoms with Gasteiger partial charge in [-0.2, -0.15) is 0 Å². The van der Waals surface area contributed by atoms with E-state index in [0.29, 0.717) is 12.3 Å². The van der Waals surface area contributed by atoms with Gasteiger partial charge in [-0.05, 0) is 60.4 Å². The van der Waals surface area contributed by atoms with E-state index < -0.39 is 6.36 Å². The van der Waals surface area contributed by atoms with Gasteiger partial charge in [0.2, 0.25) is 0 Å². The van der Waals surface area contributed by atoms with Crippen LogP contribution in [0, 0.1) is 0 Å². The fourth-order valence-corrected chi connectivity index (χ4v) is 1.90. The molecular formula is C12H15BrF3NO2. The quantitative estimate of drug-likeness (QED) is 0.854. The lowest BCUT2D eigenvalue weighted by Crippen LogP contribution is -2.17. The van der Waals surface area contributed by atoms with E-state index in [-0.39, 0.29) is 16.3 Å². The van der Waals surface area contributed by atoms with Gasteiger partial charge in [-0.25, -0.2) is 0 Å². The third-order valence-electron chi connectivity index (χ3n) is 2.28. The van der Waals surface area contributed by atoms with Gasteiger partial charge in [-0.1, -0.05) is 0 Å². The molecule has 7 heteroatoms. The Bertz CT molecular complexity index is 412. The van der Waals surface area contributed by atoms with Gasteiger partial charge in [0, 0.05) is 0 Å². The Morgan fingerprint density at radius 1 is 1.37 bits per heavy atom. The van der Waals surface area contributed by atoms with Crippen molar-refractivity contribution in [2.24, 2.45) is 5.73 Å². The summed E-state index contributed by atoms with van der Waals surface area (Å²) in [6, 6.07) is 4.09. The lowest BCUT2D eigenvalue weighted by atomic mass is 10.2. The molecule has 2 N–H and O–H groups in total. The summed E-state index contributed by atoms with van der Waals surface area (Å²) in [6.07, 6.45) is -3.14. The highest BCUT2D eigenvalue weighted by Gasteiger charge is 2.32. The summed E-state index contributed by atoms with van der Waals surface area (Å²) in [4.78, 5) is 0. The second-order valence-corrected chi connectivity index (χ2v) is 4.85. The second-order valence-electron chi connectivity index (χ2n) is 4.00. The minimum Gasteiger partial charge on any atom is -0.491 e. The van der Waals surface area contributed by atoms with E-state index in [1.54, 1.807) is 0 Å². The van der Waals surface area contributed by atoms with Crippen LogP contribution < -0.4 is 15.2 Å². The van der Waals surface area contributed by atoms with E-state index >= 15 is 0 Å². The van der Waals surface area contributed by atoms with E-state index in [0.717, 1.165) is 12.8 Å². The summed E-state index contributed by atoms with van der Waals surface area (Å²) in [5.41, 5.74) is 5.39. The van der Waals surface area contributed by atoms with Gasteiger partial charge < -0.3 is 15.2 Å². The van der Waals surface area contributed by atoms with E-state index in [1.165, 1.54) is 18.2 Å². The third-order valence-corrected chi connectivity index (χ3v) is 2.90. The topological polar surface area (TPSA) is 44.5 Å². The van der Waals surface area contributed by atoms with Gasteiger partial charge >= 0.3 is 6.36 Å². The largest absolute Gasteiger partial charge is 0.573 e. The molecule has 0 radical (unpaired) electrons. The molecule has 0 fully saturated rings. The first-order chi connectivity index (χ1) is 8.81. The van der Waals surface area contributed by atoms with Crippen LogP contribution in [0.5, 0.6) is 11.5 Å². The molecule has 1 aromatic carbocycles. The van der Waals surface area contributed by atoms with Crippen LogP contribution in [0.3, 0.4) is 0 Å². The summed E-state index contributed by atoms with van der Waals surface area (Å²) < 4.78 is 45.8. The fourth-order valence-electron chi connectivity index (χ4n) is 1.46. The minimum absolute atomic E-state index is 0.0511. The van der Waals surface area contributed by atoms with Crippen LogP contribution in [0.1, 0.15) is 19.8 Å². The van der Waals surface area contributed by atoms with Crippen LogP contribution in [-0.4, -0.2) is 19.0 Å². The molecule has 3 nitrogen and oxygen atoms in total. The first-order valence-corrected chi connectivity index (χ1v) is 6.53. The molecule has 0 saturated heterocycles. The summed E-state index contributed by atoms with van der Waals surface area (Å²) >= 11 is 3.02. The van der Waals surface area contributed by atoms with Gasteiger partial charge in [0.05, 0.1) is 10.6 Å². The van der Waals surface area contributed by atoms with Crippen LogP contribution in [0.4, 0.5) is 13.2 Å². The third kappa shape index (κ3) is 6.15. The van der Waals surface area contributed by atoms with Gasteiger partial charge in [0.1, 0.15) is 11.5 Å². The molecule has 0 aliphatic rings. The van der Waals surface area contributed by atoms with Gasteiger partial charge in [0.15, 0.2) is 0 Å². The SMILES string of the molecule is CC(CCCN)Oc1ccc(OC(F)(F)F)c(Br)c1. The standard InChI is InChI=1S/C12H15BrF3NO2/c1-8(3-2-6-17)18-9-4-5-11(10(13)7-9)19-12(14,15)16/h4-5,7-8H,2-3,6,17H2,1H3. The molecule has 108 valence electrons. The van der Waals surface area contributed by atoms with Gasteiger partial charge in [0.25, 0.3) is 0 Å². The molecule has 1 aromatic rings. The highest BCUT2D eigenvalue weighted by molar-refractivity contribution is 9.10. The normalized spacial score (nSPS) is 13.2. The predicted octanol–water partition coefficient (Wildman–Crippen LogP) is 3.85. The number of benzene rings is 1. The Morgan fingerprint density at radius 3 is 2.58 bits per heavy atom. The maximum Gasteiger partial charge on any atom is 0.573 e. The van der Waals surface area contributed by atoms with Crippen molar-refractivity contribution < 1.29 is 22.6 Å². The minimum atomic E-state index is -4.71. The Morgan fingerprint density at radius 2 is 2.05 bits per heavy atom. The van der Waals surface area contributed by atoms with Crippen LogP contribution in [-0.2, 0) is 0 Å². The van der Waals surface area contributed by atoms with Crippen molar-refractivity contribution in [3.63, 3.8) is 0 Å². The number of rotatable bonds is 6. The summed E-state index contributed by atoms with van der Waals surface area (Å²) in [5, 5.41) is 0. The molecule has 0 saturated carbocycles. The van der Waals surface area contributed by atoms with Crippen molar-refractivity contribution in [2.45, 2.75) is 32.2 Å². The van der Waals surface area contributed by atoms with Crippen LogP contribution in [0.15, 0.2) is 22.7 Å². The molecule has 0 heterocycles. The van der Waals surface area contributed by atoms with Crippen molar-refractivity contribution in [1.82, 2.24) is 0 Å². The number of hydrogen-bond acceptors (Lipinski definition) is 3. The number of alkyl halides is 3. The lowest BCUT2D eigenvalue weighted by Gasteiger charge is -2.16. The zero-order valence-electron chi connectivity index (χ0n) is 10.3. The van der Waals surface area contributed by atoms with Gasteiger partial charge in [-0.15, -0.1) is 13.2 Å². The van der Waals surface area contributed by atoms with E-state index in [9.17, 15) is 13.2 Å². The number of ether oxygens (including phenoxy) is 2.